The van der Waals surface area contributed by atoms with Gasteiger partial charge >= 0.3 is 29.8 Å². The number of ether oxygens (including phenoxy) is 1. The van der Waals surface area contributed by atoms with E-state index in [9.17, 15) is 39.0 Å². The van der Waals surface area contributed by atoms with Gasteiger partial charge in [-0.3, -0.25) is 38.6 Å². The topological polar surface area (TPSA) is 280 Å². The SMILES string of the molecule is CC(=O)O[C@@H](C=O)[C@@H](O)[C@H](O)[C@H](O)CO.O=C(O)CN(CCN(CC(=O)O)CC(=O)O)CC(=O)O. The largest absolute Gasteiger partial charge is 0.480 e. The van der Waals surface area contributed by atoms with Gasteiger partial charge in [0.05, 0.1) is 32.8 Å². The zero-order valence-corrected chi connectivity index (χ0v) is 18.7. The summed E-state index contributed by atoms with van der Waals surface area (Å²) >= 11 is 0. The lowest BCUT2D eigenvalue weighted by Crippen LogP contribution is -2.47. The Kier molecular flexibility index (Phi) is 17.6. The normalized spacial score (nSPS) is 14.1. The molecule has 0 aromatic rings. The third-order valence-corrected chi connectivity index (χ3v) is 3.87. The van der Waals surface area contributed by atoms with Crippen LogP contribution in [0, 0.1) is 0 Å². The van der Waals surface area contributed by atoms with Crippen LogP contribution in [0.15, 0.2) is 0 Å². The van der Waals surface area contributed by atoms with Crippen LogP contribution in [0.4, 0.5) is 0 Å². The van der Waals surface area contributed by atoms with Crippen molar-refractivity contribution in [2.75, 3.05) is 45.9 Å². The van der Waals surface area contributed by atoms with Gasteiger partial charge in [-0.25, -0.2) is 0 Å². The molecule has 0 fully saturated rings. The van der Waals surface area contributed by atoms with E-state index >= 15 is 0 Å². The van der Waals surface area contributed by atoms with E-state index in [1.165, 1.54) is 0 Å². The van der Waals surface area contributed by atoms with Crippen LogP contribution in [0.3, 0.4) is 0 Å². The Morgan fingerprint density at radius 3 is 1.31 bits per heavy atom. The van der Waals surface area contributed by atoms with Gasteiger partial charge in [0.2, 0.25) is 0 Å². The Hall–Kier alpha value is -3.22. The van der Waals surface area contributed by atoms with E-state index < -0.39 is 87.0 Å². The predicted molar refractivity (Wildman–Crippen MR) is 110 cm³/mol. The molecule has 0 aliphatic carbocycles. The summed E-state index contributed by atoms with van der Waals surface area (Å²) < 4.78 is 4.37. The lowest BCUT2D eigenvalue weighted by atomic mass is 10.0. The van der Waals surface area contributed by atoms with Gasteiger partial charge < -0.3 is 45.6 Å². The van der Waals surface area contributed by atoms with Crippen LogP contribution in [-0.4, -0.2) is 157 Å². The fourth-order valence-electron chi connectivity index (χ4n) is 2.38. The zero-order chi connectivity index (χ0) is 27.7. The van der Waals surface area contributed by atoms with Crippen LogP contribution in [-0.2, 0) is 33.5 Å². The maximum absolute atomic E-state index is 10.6. The molecule has 35 heavy (non-hydrogen) atoms. The molecule has 8 N–H and O–H groups in total. The predicted octanol–water partition coefficient (Wildman–Crippen LogP) is -4.88. The summed E-state index contributed by atoms with van der Waals surface area (Å²) in [6.45, 7) is -2.01. The Morgan fingerprint density at radius 2 is 1.09 bits per heavy atom. The molecule has 0 radical (unpaired) electrons. The van der Waals surface area contributed by atoms with Crippen molar-refractivity contribution >= 4 is 36.1 Å². The van der Waals surface area contributed by atoms with Crippen molar-refractivity contribution in [1.29, 1.82) is 0 Å². The minimum atomic E-state index is -1.78. The van der Waals surface area contributed by atoms with Crippen molar-refractivity contribution < 1.29 is 74.4 Å². The first-order chi connectivity index (χ1) is 16.1. The standard InChI is InChI=1S/C10H16N2O8.C8H14O7/c13-7(14)3-11(4-8(15)16)1-2-12(5-9(17)18)6-10(19)20;1-4(11)15-6(3-10)8(14)7(13)5(12)2-9/h1-6H2,(H,13,14)(H,15,16)(H,17,18)(H,19,20);3,5-9,12-14H,2H2,1H3/t;5-,6+,7-,8-/m.1/s1. The Balaban J connectivity index is 0. The maximum Gasteiger partial charge on any atom is 0.317 e. The molecule has 17 nitrogen and oxygen atoms in total. The molecule has 0 bridgehead atoms. The van der Waals surface area contributed by atoms with E-state index in [0.717, 1.165) is 16.7 Å². The van der Waals surface area contributed by atoms with Gasteiger partial charge in [-0.2, -0.15) is 0 Å². The van der Waals surface area contributed by atoms with E-state index in [2.05, 4.69) is 4.74 Å². The summed E-state index contributed by atoms with van der Waals surface area (Å²) in [4.78, 5) is 65.3. The number of aliphatic hydroxyl groups is 4. The molecule has 0 aliphatic rings. The summed E-state index contributed by atoms with van der Waals surface area (Å²) in [6, 6.07) is 0. The molecule has 0 aromatic carbocycles. The average molecular weight is 514 g/mol. The van der Waals surface area contributed by atoms with Crippen LogP contribution in [0.2, 0.25) is 0 Å². The molecule has 0 saturated carbocycles. The minimum absolute atomic E-state index is 0.0703. The fraction of sp³-hybridized carbons (Fsp3) is 0.667. The third kappa shape index (κ3) is 17.9. The summed E-state index contributed by atoms with van der Waals surface area (Å²) in [6.07, 6.45) is -6.62. The fourth-order valence-corrected chi connectivity index (χ4v) is 2.38. The van der Waals surface area contributed by atoms with Crippen LogP contribution in [0.1, 0.15) is 6.92 Å². The average Bonchev–Trinajstić information content (AvgIpc) is 2.72. The second-order valence-electron chi connectivity index (χ2n) is 6.94. The number of carboxylic acid groups (broad SMARTS) is 4. The van der Waals surface area contributed by atoms with Crippen molar-refractivity contribution in [2.24, 2.45) is 0 Å². The highest BCUT2D eigenvalue weighted by molar-refractivity contribution is 5.73. The number of aldehydes is 1. The number of rotatable bonds is 17. The number of hydrogen-bond acceptors (Lipinski definition) is 13. The molecule has 0 saturated heterocycles. The molecule has 0 unspecified atom stereocenters. The molecule has 202 valence electrons. The van der Waals surface area contributed by atoms with E-state index in [-0.39, 0.29) is 19.4 Å². The Bertz CT molecular complexity index is 648. The molecule has 0 aromatic heterocycles. The molecular formula is C18H30N2O15. The van der Waals surface area contributed by atoms with Gasteiger partial charge in [0.25, 0.3) is 0 Å². The number of aliphatic carboxylic acids is 4. The van der Waals surface area contributed by atoms with Crippen LogP contribution < -0.4 is 0 Å². The highest BCUT2D eigenvalue weighted by Crippen LogP contribution is 2.07. The number of nitrogens with zero attached hydrogens (tertiary/aromatic N) is 2. The molecule has 17 heteroatoms. The first-order valence-corrected chi connectivity index (χ1v) is 9.73. The van der Waals surface area contributed by atoms with Crippen molar-refractivity contribution in [2.45, 2.75) is 31.3 Å². The number of carboxylic acids is 4. The molecule has 4 atom stereocenters. The van der Waals surface area contributed by atoms with Gasteiger partial charge in [0.15, 0.2) is 12.4 Å². The highest BCUT2D eigenvalue weighted by atomic mass is 16.6. The number of carbonyl (C=O) groups is 6. The van der Waals surface area contributed by atoms with Crippen LogP contribution in [0.5, 0.6) is 0 Å². The minimum Gasteiger partial charge on any atom is -0.480 e. The molecule has 0 heterocycles. The number of hydrogen-bond donors (Lipinski definition) is 8. The van der Waals surface area contributed by atoms with Crippen molar-refractivity contribution in [3.8, 4) is 0 Å². The van der Waals surface area contributed by atoms with E-state index in [4.69, 9.17) is 30.6 Å². The second kappa shape index (κ2) is 18.2. The number of esters is 1. The van der Waals surface area contributed by atoms with Crippen LogP contribution in [0.25, 0.3) is 0 Å². The quantitative estimate of drug-likeness (QED) is 0.0666. The zero-order valence-electron chi connectivity index (χ0n) is 18.7. The van der Waals surface area contributed by atoms with E-state index in [1.54, 1.807) is 0 Å². The summed E-state index contributed by atoms with van der Waals surface area (Å²) in [5, 5.41) is 70.4. The van der Waals surface area contributed by atoms with Gasteiger partial charge in [-0.1, -0.05) is 0 Å². The first-order valence-electron chi connectivity index (χ1n) is 9.73. The summed E-state index contributed by atoms with van der Waals surface area (Å²) in [5.74, 6) is -5.72. The first kappa shape index (κ1) is 34.0. The Morgan fingerprint density at radius 1 is 0.743 bits per heavy atom. The van der Waals surface area contributed by atoms with Crippen molar-refractivity contribution in [1.82, 2.24) is 9.80 Å². The maximum atomic E-state index is 10.6. The second-order valence-corrected chi connectivity index (χ2v) is 6.94. The molecule has 0 amide bonds. The Labute approximate surface area is 198 Å². The lowest BCUT2D eigenvalue weighted by Gasteiger charge is -2.24. The molecule has 0 aliphatic heterocycles. The number of carbonyl (C=O) groups excluding carboxylic acids is 2. The monoisotopic (exact) mass is 514 g/mol. The third-order valence-electron chi connectivity index (χ3n) is 3.87. The lowest BCUT2D eigenvalue weighted by molar-refractivity contribution is -0.166. The molecule has 0 spiro atoms. The van der Waals surface area contributed by atoms with Gasteiger partial charge in [0.1, 0.15) is 18.3 Å². The van der Waals surface area contributed by atoms with Crippen molar-refractivity contribution in [3.05, 3.63) is 0 Å². The van der Waals surface area contributed by atoms with Gasteiger partial charge in [-0.05, 0) is 0 Å². The smallest absolute Gasteiger partial charge is 0.317 e. The van der Waals surface area contributed by atoms with Crippen molar-refractivity contribution in [3.63, 3.8) is 0 Å². The van der Waals surface area contributed by atoms with Crippen LogP contribution >= 0.6 is 0 Å². The molecule has 0 rings (SSSR count). The molecular weight excluding hydrogens is 484 g/mol. The van der Waals surface area contributed by atoms with E-state index in [0.29, 0.717) is 0 Å². The number of aliphatic hydroxyl groups excluding tert-OH is 4. The van der Waals surface area contributed by atoms with Gasteiger partial charge in [-0.15, -0.1) is 0 Å². The van der Waals surface area contributed by atoms with Gasteiger partial charge in [0, 0.05) is 20.0 Å². The summed E-state index contributed by atoms with van der Waals surface area (Å²) in [7, 11) is 0. The summed E-state index contributed by atoms with van der Waals surface area (Å²) in [5.41, 5.74) is 0. The van der Waals surface area contributed by atoms with E-state index in [1.807, 2.05) is 0 Å². The highest BCUT2D eigenvalue weighted by Gasteiger charge is 2.32.